The average molecular weight is 251 g/mol. The van der Waals surface area contributed by atoms with Crippen LogP contribution in [0.2, 0.25) is 0 Å². The highest BCUT2D eigenvalue weighted by Gasteiger charge is 2.30. The highest BCUT2D eigenvalue weighted by molar-refractivity contribution is 5.98. The first-order valence-electron chi connectivity index (χ1n) is 5.93. The molecule has 2 rings (SSSR count). The molecular weight excluding hydrogens is 234 g/mol. The van der Waals surface area contributed by atoms with Crippen molar-refractivity contribution in [2.75, 3.05) is 13.2 Å². The number of amides is 1. The van der Waals surface area contributed by atoms with E-state index in [2.05, 4.69) is 5.32 Å². The number of nitrogens with one attached hydrogen (secondary N) is 1. The number of hydrogen-bond donors (Lipinski definition) is 3. The van der Waals surface area contributed by atoms with Gasteiger partial charge >= 0.3 is 0 Å². The maximum Gasteiger partial charge on any atom is 0.255 e. The summed E-state index contributed by atoms with van der Waals surface area (Å²) in [5, 5.41) is 21.8. The summed E-state index contributed by atoms with van der Waals surface area (Å²) in [7, 11) is 0. The van der Waals surface area contributed by atoms with Crippen LogP contribution < -0.4 is 5.32 Å². The summed E-state index contributed by atoms with van der Waals surface area (Å²) in [6.07, 6.45) is 1.72. The standard InChI is InChI=1S/C13H17NO4/c1-13(6-3-7-18-8-13)14-12(17)9-4-2-5-10(15)11(9)16/h2,4-5,15-16H,3,6-8H2,1H3,(H,14,17). The van der Waals surface area contributed by atoms with Gasteiger partial charge in [0.25, 0.3) is 5.91 Å². The number of aromatic hydroxyl groups is 2. The zero-order valence-electron chi connectivity index (χ0n) is 10.3. The monoisotopic (exact) mass is 251 g/mol. The smallest absolute Gasteiger partial charge is 0.255 e. The van der Waals surface area contributed by atoms with Gasteiger partial charge in [-0.05, 0) is 31.9 Å². The SMILES string of the molecule is CC1(NC(=O)c2cccc(O)c2O)CCCOC1. The van der Waals surface area contributed by atoms with Crippen LogP contribution in [0.25, 0.3) is 0 Å². The lowest BCUT2D eigenvalue weighted by Gasteiger charge is -2.34. The van der Waals surface area contributed by atoms with E-state index < -0.39 is 17.2 Å². The minimum Gasteiger partial charge on any atom is -0.504 e. The van der Waals surface area contributed by atoms with Crippen LogP contribution in [0.3, 0.4) is 0 Å². The summed E-state index contributed by atoms with van der Waals surface area (Å²) >= 11 is 0. The molecule has 0 radical (unpaired) electrons. The summed E-state index contributed by atoms with van der Waals surface area (Å²) in [5.41, 5.74) is -0.352. The van der Waals surface area contributed by atoms with Gasteiger partial charge in [-0.3, -0.25) is 4.79 Å². The van der Waals surface area contributed by atoms with Crippen molar-refractivity contribution in [3.63, 3.8) is 0 Å². The molecule has 1 fully saturated rings. The molecule has 0 aliphatic carbocycles. The third kappa shape index (κ3) is 2.56. The zero-order valence-corrected chi connectivity index (χ0v) is 10.3. The maximum absolute atomic E-state index is 12.1. The minimum atomic E-state index is -0.423. The van der Waals surface area contributed by atoms with Crippen LogP contribution in [0.5, 0.6) is 11.5 Å². The van der Waals surface area contributed by atoms with Crippen LogP contribution in [-0.4, -0.2) is 34.9 Å². The number of carbonyl (C=O) groups is 1. The zero-order chi connectivity index (χ0) is 13.2. The van der Waals surface area contributed by atoms with Crippen molar-refractivity contribution in [1.82, 2.24) is 5.32 Å². The highest BCUT2D eigenvalue weighted by atomic mass is 16.5. The lowest BCUT2D eigenvalue weighted by molar-refractivity contribution is 0.0272. The molecule has 98 valence electrons. The Hall–Kier alpha value is -1.75. The molecule has 1 aromatic carbocycles. The summed E-state index contributed by atoms with van der Waals surface area (Å²) in [4.78, 5) is 12.1. The van der Waals surface area contributed by atoms with Crippen molar-refractivity contribution in [3.05, 3.63) is 23.8 Å². The van der Waals surface area contributed by atoms with Crippen molar-refractivity contribution in [1.29, 1.82) is 0 Å². The molecule has 1 aliphatic rings. The van der Waals surface area contributed by atoms with E-state index in [0.29, 0.717) is 13.2 Å². The van der Waals surface area contributed by atoms with E-state index in [9.17, 15) is 15.0 Å². The van der Waals surface area contributed by atoms with Gasteiger partial charge in [0.1, 0.15) is 0 Å². The Morgan fingerprint density at radius 1 is 1.44 bits per heavy atom. The first-order chi connectivity index (χ1) is 8.52. The van der Waals surface area contributed by atoms with Gasteiger partial charge in [-0.1, -0.05) is 6.07 Å². The molecule has 1 unspecified atom stereocenters. The normalized spacial score (nSPS) is 23.6. The van der Waals surface area contributed by atoms with Gasteiger partial charge < -0.3 is 20.3 Å². The van der Waals surface area contributed by atoms with Crippen LogP contribution >= 0.6 is 0 Å². The largest absolute Gasteiger partial charge is 0.504 e. The molecule has 18 heavy (non-hydrogen) atoms. The minimum absolute atomic E-state index is 0.0711. The number of benzene rings is 1. The predicted molar refractivity (Wildman–Crippen MR) is 65.7 cm³/mol. The predicted octanol–water partition coefficient (Wildman–Crippen LogP) is 1.40. The van der Waals surface area contributed by atoms with E-state index in [1.54, 1.807) is 0 Å². The van der Waals surface area contributed by atoms with Crippen molar-refractivity contribution in [2.24, 2.45) is 0 Å². The number of para-hydroxylation sites is 1. The number of phenolic OH excluding ortho intramolecular Hbond substituents is 2. The molecule has 0 bridgehead atoms. The molecule has 1 heterocycles. The molecule has 0 spiro atoms. The molecule has 0 saturated carbocycles. The molecule has 1 atom stereocenters. The Kier molecular flexibility index (Phi) is 3.43. The van der Waals surface area contributed by atoms with E-state index in [1.165, 1.54) is 18.2 Å². The topological polar surface area (TPSA) is 78.8 Å². The van der Waals surface area contributed by atoms with Crippen LogP contribution in [0.15, 0.2) is 18.2 Å². The fourth-order valence-electron chi connectivity index (χ4n) is 2.09. The number of carbonyl (C=O) groups excluding carboxylic acids is 1. The van der Waals surface area contributed by atoms with Gasteiger partial charge in [0.15, 0.2) is 11.5 Å². The molecule has 5 nitrogen and oxygen atoms in total. The van der Waals surface area contributed by atoms with Gasteiger partial charge in [0.05, 0.1) is 17.7 Å². The lowest BCUT2D eigenvalue weighted by atomic mass is 9.94. The molecule has 1 aromatic rings. The molecule has 1 amide bonds. The molecule has 0 aromatic heterocycles. The average Bonchev–Trinajstić information content (AvgIpc) is 2.33. The molecule has 5 heteroatoms. The lowest BCUT2D eigenvalue weighted by Crippen LogP contribution is -2.51. The molecule has 1 saturated heterocycles. The Morgan fingerprint density at radius 3 is 2.89 bits per heavy atom. The summed E-state index contributed by atoms with van der Waals surface area (Å²) in [6.45, 7) is 3.07. The Labute approximate surface area is 105 Å². The van der Waals surface area contributed by atoms with E-state index >= 15 is 0 Å². The molecular formula is C13H17NO4. The number of phenols is 2. The van der Waals surface area contributed by atoms with Crippen molar-refractivity contribution < 1.29 is 19.7 Å². The van der Waals surface area contributed by atoms with Gasteiger partial charge in [-0.2, -0.15) is 0 Å². The Morgan fingerprint density at radius 2 is 2.22 bits per heavy atom. The fourth-order valence-corrected chi connectivity index (χ4v) is 2.09. The van der Waals surface area contributed by atoms with Crippen LogP contribution in [0.1, 0.15) is 30.1 Å². The van der Waals surface area contributed by atoms with Gasteiger partial charge in [0, 0.05) is 6.61 Å². The van der Waals surface area contributed by atoms with E-state index in [0.717, 1.165) is 12.8 Å². The molecule has 1 aliphatic heterocycles. The third-order valence-corrected chi connectivity index (χ3v) is 3.11. The first kappa shape index (κ1) is 12.7. The summed E-state index contributed by atoms with van der Waals surface area (Å²) < 4.78 is 5.35. The van der Waals surface area contributed by atoms with Gasteiger partial charge in [-0.25, -0.2) is 0 Å². The third-order valence-electron chi connectivity index (χ3n) is 3.11. The van der Waals surface area contributed by atoms with Crippen molar-refractivity contribution in [2.45, 2.75) is 25.3 Å². The van der Waals surface area contributed by atoms with Gasteiger partial charge in [0.2, 0.25) is 0 Å². The quantitative estimate of drug-likeness (QED) is 0.694. The second-order valence-electron chi connectivity index (χ2n) is 4.84. The van der Waals surface area contributed by atoms with Gasteiger partial charge in [-0.15, -0.1) is 0 Å². The first-order valence-corrected chi connectivity index (χ1v) is 5.93. The second-order valence-corrected chi connectivity index (χ2v) is 4.84. The van der Waals surface area contributed by atoms with E-state index in [4.69, 9.17) is 4.74 Å². The number of hydrogen-bond acceptors (Lipinski definition) is 4. The van der Waals surface area contributed by atoms with E-state index in [1.807, 2.05) is 6.92 Å². The molecule has 3 N–H and O–H groups in total. The summed E-state index contributed by atoms with van der Waals surface area (Å²) in [5.74, 6) is -1.10. The summed E-state index contributed by atoms with van der Waals surface area (Å²) in [6, 6.07) is 4.32. The fraction of sp³-hybridized carbons (Fsp3) is 0.462. The van der Waals surface area contributed by atoms with Crippen molar-refractivity contribution in [3.8, 4) is 11.5 Å². The van der Waals surface area contributed by atoms with Crippen molar-refractivity contribution >= 4 is 5.91 Å². The highest BCUT2D eigenvalue weighted by Crippen LogP contribution is 2.29. The van der Waals surface area contributed by atoms with Crippen LogP contribution in [0, 0.1) is 0 Å². The van der Waals surface area contributed by atoms with E-state index in [-0.39, 0.29) is 11.3 Å². The Balaban J connectivity index is 2.14. The second kappa shape index (κ2) is 4.86. The number of rotatable bonds is 2. The van der Waals surface area contributed by atoms with Crippen LogP contribution in [0.4, 0.5) is 0 Å². The van der Waals surface area contributed by atoms with Crippen LogP contribution in [-0.2, 0) is 4.74 Å². The Bertz CT molecular complexity index is 452. The maximum atomic E-state index is 12.1. The number of ether oxygens (including phenoxy) is 1.